The highest BCUT2D eigenvalue weighted by atomic mass is 35.5. The Bertz CT molecular complexity index is 750. The number of rotatable bonds is 2. The van der Waals surface area contributed by atoms with Crippen LogP contribution in [0, 0.1) is 0 Å². The average molecular weight is 329 g/mol. The van der Waals surface area contributed by atoms with Gasteiger partial charge in [-0.15, -0.1) is 0 Å². The number of fused-ring (bicyclic) bond motifs is 1. The molecule has 0 spiro atoms. The summed E-state index contributed by atoms with van der Waals surface area (Å²) in [5.41, 5.74) is 5.92. The third-order valence-electron chi connectivity index (χ3n) is 4.12. The smallest absolute Gasteiger partial charge is 0.0962 e. The molecule has 1 aliphatic rings. The molecule has 0 saturated heterocycles. The monoisotopic (exact) mass is 328 g/mol. The van der Waals surface area contributed by atoms with Crippen molar-refractivity contribution in [1.29, 1.82) is 0 Å². The predicted molar refractivity (Wildman–Crippen MR) is 91.0 cm³/mol. The van der Waals surface area contributed by atoms with Gasteiger partial charge < -0.3 is 0 Å². The van der Waals surface area contributed by atoms with Crippen LogP contribution >= 0.6 is 23.2 Å². The van der Waals surface area contributed by atoms with Crippen LogP contribution < -0.4 is 0 Å². The molecule has 0 fully saturated rings. The minimum atomic E-state index is 0.741. The van der Waals surface area contributed by atoms with Crippen LogP contribution in [-0.2, 0) is 12.8 Å². The zero-order chi connectivity index (χ0) is 15.1. The van der Waals surface area contributed by atoms with Crippen molar-refractivity contribution in [2.75, 3.05) is 0 Å². The van der Waals surface area contributed by atoms with Crippen LogP contribution in [0.15, 0.2) is 48.5 Å². The number of halogens is 2. The molecule has 0 unspecified atom stereocenters. The molecular formula is C18H14Cl2N2. The fourth-order valence-corrected chi connectivity index (χ4v) is 3.32. The Morgan fingerprint density at radius 1 is 0.818 bits per heavy atom. The number of benzene rings is 2. The second-order valence-electron chi connectivity index (χ2n) is 5.52. The maximum atomic E-state index is 5.99. The van der Waals surface area contributed by atoms with Crippen molar-refractivity contribution in [2.45, 2.75) is 19.3 Å². The fraction of sp³-hybridized carbons (Fsp3) is 0.167. The van der Waals surface area contributed by atoms with E-state index >= 15 is 0 Å². The van der Waals surface area contributed by atoms with Gasteiger partial charge in [-0.05, 0) is 55.7 Å². The molecule has 1 aromatic heterocycles. The summed E-state index contributed by atoms with van der Waals surface area (Å²) in [6, 6.07) is 15.7. The van der Waals surface area contributed by atoms with Crippen molar-refractivity contribution in [3.8, 4) is 16.9 Å². The second kappa shape index (κ2) is 5.45. The number of hydrogen-bond donors (Lipinski definition) is 0. The molecule has 0 atom stereocenters. The van der Waals surface area contributed by atoms with Crippen LogP contribution in [0.25, 0.3) is 16.9 Å². The van der Waals surface area contributed by atoms with E-state index in [0.29, 0.717) is 0 Å². The Morgan fingerprint density at radius 2 is 1.45 bits per heavy atom. The minimum Gasteiger partial charge on any atom is -0.237 e. The maximum Gasteiger partial charge on any atom is 0.0962 e. The van der Waals surface area contributed by atoms with Crippen LogP contribution in [0.3, 0.4) is 0 Å². The van der Waals surface area contributed by atoms with E-state index in [9.17, 15) is 0 Å². The molecule has 0 saturated carbocycles. The minimum absolute atomic E-state index is 0.741. The zero-order valence-corrected chi connectivity index (χ0v) is 13.4. The van der Waals surface area contributed by atoms with Gasteiger partial charge in [0.15, 0.2) is 0 Å². The normalized spacial score (nSPS) is 13.4. The molecule has 3 aromatic rings. The topological polar surface area (TPSA) is 17.8 Å². The zero-order valence-electron chi connectivity index (χ0n) is 11.9. The molecule has 2 nitrogen and oxygen atoms in total. The van der Waals surface area contributed by atoms with Crippen molar-refractivity contribution < 1.29 is 0 Å². The van der Waals surface area contributed by atoms with Crippen LogP contribution in [0.5, 0.6) is 0 Å². The van der Waals surface area contributed by atoms with Crippen molar-refractivity contribution in [1.82, 2.24) is 9.78 Å². The van der Waals surface area contributed by atoms with Crippen molar-refractivity contribution in [3.05, 3.63) is 69.8 Å². The summed E-state index contributed by atoms with van der Waals surface area (Å²) in [5.74, 6) is 0. The predicted octanol–water partition coefficient (Wildman–Crippen LogP) is 5.33. The van der Waals surface area contributed by atoms with Gasteiger partial charge >= 0.3 is 0 Å². The van der Waals surface area contributed by atoms with Gasteiger partial charge in [0, 0.05) is 26.9 Å². The molecule has 110 valence electrons. The lowest BCUT2D eigenvalue weighted by Crippen LogP contribution is -2.00. The van der Waals surface area contributed by atoms with Crippen molar-refractivity contribution in [3.63, 3.8) is 0 Å². The third kappa shape index (κ3) is 2.33. The lowest BCUT2D eigenvalue weighted by atomic mass is 10.1. The van der Waals surface area contributed by atoms with Crippen LogP contribution in [0.1, 0.15) is 17.7 Å². The van der Waals surface area contributed by atoms with Gasteiger partial charge in [-0.3, -0.25) is 0 Å². The average Bonchev–Trinajstić information content (AvgIpc) is 3.12. The third-order valence-corrected chi connectivity index (χ3v) is 4.62. The summed E-state index contributed by atoms with van der Waals surface area (Å²) in [5, 5.41) is 6.35. The summed E-state index contributed by atoms with van der Waals surface area (Å²) in [6.45, 7) is 0. The Hall–Kier alpha value is -1.77. The van der Waals surface area contributed by atoms with Crippen molar-refractivity contribution in [2.24, 2.45) is 0 Å². The van der Waals surface area contributed by atoms with E-state index in [-0.39, 0.29) is 0 Å². The van der Waals surface area contributed by atoms with Crippen molar-refractivity contribution >= 4 is 23.2 Å². The fourth-order valence-electron chi connectivity index (χ4n) is 3.07. The highest BCUT2D eigenvalue weighted by Gasteiger charge is 2.23. The Kier molecular flexibility index (Phi) is 3.44. The summed E-state index contributed by atoms with van der Waals surface area (Å²) in [4.78, 5) is 0. The molecule has 1 heterocycles. The molecule has 1 aliphatic carbocycles. The summed E-state index contributed by atoms with van der Waals surface area (Å²) < 4.78 is 2.06. The first-order chi connectivity index (χ1) is 10.7. The van der Waals surface area contributed by atoms with E-state index in [4.69, 9.17) is 28.3 Å². The van der Waals surface area contributed by atoms with Gasteiger partial charge in [0.25, 0.3) is 0 Å². The van der Waals surface area contributed by atoms with Gasteiger partial charge in [-0.2, -0.15) is 5.10 Å². The first-order valence-corrected chi connectivity index (χ1v) is 8.10. The van der Waals surface area contributed by atoms with E-state index in [1.54, 1.807) is 0 Å². The molecule has 0 aliphatic heterocycles. The van der Waals surface area contributed by atoms with E-state index in [2.05, 4.69) is 4.68 Å². The van der Waals surface area contributed by atoms with Gasteiger partial charge in [-0.25, -0.2) is 4.68 Å². The largest absolute Gasteiger partial charge is 0.237 e. The molecule has 0 N–H and O–H groups in total. The summed E-state index contributed by atoms with van der Waals surface area (Å²) in [6.07, 6.45) is 3.33. The highest BCUT2D eigenvalue weighted by Crippen LogP contribution is 2.34. The summed E-state index contributed by atoms with van der Waals surface area (Å²) >= 11 is 12.0. The summed E-state index contributed by atoms with van der Waals surface area (Å²) in [7, 11) is 0. The Morgan fingerprint density at radius 3 is 2.14 bits per heavy atom. The van der Waals surface area contributed by atoms with Gasteiger partial charge in [-0.1, -0.05) is 35.3 Å². The SMILES string of the molecule is Clc1ccc(-c2nn(-c3ccc(Cl)cc3)c3c2CCC3)cc1. The molecule has 2 aromatic carbocycles. The first-order valence-electron chi connectivity index (χ1n) is 7.35. The van der Waals surface area contributed by atoms with Crippen LogP contribution in [0.2, 0.25) is 10.0 Å². The lowest BCUT2D eigenvalue weighted by Gasteiger charge is -2.05. The first kappa shape index (κ1) is 13.9. The van der Waals surface area contributed by atoms with E-state index in [1.165, 1.54) is 17.7 Å². The van der Waals surface area contributed by atoms with E-state index in [0.717, 1.165) is 39.8 Å². The molecular weight excluding hydrogens is 315 g/mol. The van der Waals surface area contributed by atoms with Crippen LogP contribution in [0.4, 0.5) is 0 Å². The molecule has 0 amide bonds. The maximum absolute atomic E-state index is 5.99. The number of aromatic nitrogens is 2. The van der Waals surface area contributed by atoms with Gasteiger partial charge in [0.1, 0.15) is 0 Å². The molecule has 22 heavy (non-hydrogen) atoms. The second-order valence-corrected chi connectivity index (χ2v) is 6.40. The quantitative estimate of drug-likeness (QED) is 0.621. The lowest BCUT2D eigenvalue weighted by molar-refractivity contribution is 0.787. The Labute approximate surface area is 139 Å². The van der Waals surface area contributed by atoms with Gasteiger partial charge in [0.2, 0.25) is 0 Å². The molecule has 0 radical (unpaired) electrons. The van der Waals surface area contributed by atoms with E-state index < -0.39 is 0 Å². The Balaban J connectivity index is 1.86. The molecule has 4 rings (SSSR count). The number of nitrogens with zero attached hydrogens (tertiary/aromatic N) is 2. The standard InChI is InChI=1S/C18H14Cl2N2/c19-13-6-4-12(5-7-13)18-16-2-1-3-17(16)22(21-18)15-10-8-14(20)9-11-15/h4-11H,1-3H2. The molecule has 4 heteroatoms. The van der Waals surface area contributed by atoms with Gasteiger partial charge in [0.05, 0.1) is 11.4 Å². The highest BCUT2D eigenvalue weighted by molar-refractivity contribution is 6.30. The number of hydrogen-bond acceptors (Lipinski definition) is 1. The van der Waals surface area contributed by atoms with Crippen LogP contribution in [-0.4, -0.2) is 9.78 Å². The molecule has 0 bridgehead atoms. The van der Waals surface area contributed by atoms with E-state index in [1.807, 2.05) is 48.5 Å².